The van der Waals surface area contributed by atoms with Gasteiger partial charge in [-0.3, -0.25) is 24.6 Å². The first-order valence-corrected chi connectivity index (χ1v) is 10.8. The molecule has 0 aliphatic carbocycles. The molecule has 0 N–H and O–H groups in total. The molecule has 0 atom stereocenters. The van der Waals surface area contributed by atoms with Crippen LogP contribution in [0.5, 0.6) is 0 Å². The SMILES string of the molecule is CC1(C)C(=O)N(Cc2ccc(Cl)c(Cl)c2)c2ccccc2N1C(=O)c1cccc([N+](=O)[O-])c1. The van der Waals surface area contributed by atoms with Gasteiger partial charge in [-0.15, -0.1) is 0 Å². The monoisotopic (exact) mass is 483 g/mol. The van der Waals surface area contributed by atoms with Crippen LogP contribution in [-0.4, -0.2) is 22.3 Å². The van der Waals surface area contributed by atoms with Gasteiger partial charge in [0.15, 0.2) is 0 Å². The lowest BCUT2D eigenvalue weighted by molar-refractivity contribution is -0.384. The van der Waals surface area contributed by atoms with E-state index in [1.54, 1.807) is 61.2 Å². The van der Waals surface area contributed by atoms with Gasteiger partial charge in [0.1, 0.15) is 5.54 Å². The maximum Gasteiger partial charge on any atom is 0.270 e. The second kappa shape index (κ2) is 8.50. The van der Waals surface area contributed by atoms with E-state index in [2.05, 4.69) is 0 Å². The molecule has 0 saturated heterocycles. The lowest BCUT2D eigenvalue weighted by atomic mass is 9.93. The molecule has 0 fully saturated rings. The quantitative estimate of drug-likeness (QED) is 0.342. The molecule has 4 rings (SSSR count). The average molecular weight is 484 g/mol. The highest BCUT2D eigenvalue weighted by Gasteiger charge is 2.47. The first kappa shape index (κ1) is 22.8. The smallest absolute Gasteiger partial charge is 0.270 e. The first-order chi connectivity index (χ1) is 15.6. The van der Waals surface area contributed by atoms with Gasteiger partial charge in [-0.2, -0.15) is 0 Å². The Morgan fingerprint density at radius 2 is 1.67 bits per heavy atom. The summed E-state index contributed by atoms with van der Waals surface area (Å²) < 4.78 is 0. The third kappa shape index (κ3) is 4.05. The molecule has 168 valence electrons. The number of rotatable bonds is 4. The first-order valence-electron chi connectivity index (χ1n) is 10.0. The number of nitrogens with zero attached hydrogens (tertiary/aromatic N) is 3. The molecule has 1 aliphatic rings. The summed E-state index contributed by atoms with van der Waals surface area (Å²) in [4.78, 5) is 40.8. The van der Waals surface area contributed by atoms with E-state index < -0.39 is 16.4 Å². The van der Waals surface area contributed by atoms with Gasteiger partial charge in [0.25, 0.3) is 17.5 Å². The van der Waals surface area contributed by atoms with E-state index in [9.17, 15) is 19.7 Å². The van der Waals surface area contributed by atoms with Crippen molar-refractivity contribution in [2.75, 3.05) is 9.80 Å². The van der Waals surface area contributed by atoms with Crippen LogP contribution in [0.15, 0.2) is 66.7 Å². The standard InChI is InChI=1S/C24H19Cl2N3O4/c1-24(2)23(31)27(14-15-10-11-18(25)19(26)12-15)20-8-3-4-9-21(20)28(24)22(30)16-6-5-7-17(13-16)29(32)33/h3-13H,14H2,1-2H3. The zero-order valence-corrected chi connectivity index (χ0v) is 19.3. The highest BCUT2D eigenvalue weighted by Crippen LogP contribution is 2.42. The van der Waals surface area contributed by atoms with Crippen LogP contribution >= 0.6 is 23.2 Å². The van der Waals surface area contributed by atoms with Gasteiger partial charge >= 0.3 is 0 Å². The van der Waals surface area contributed by atoms with Crippen molar-refractivity contribution < 1.29 is 14.5 Å². The van der Waals surface area contributed by atoms with Crippen molar-refractivity contribution in [3.63, 3.8) is 0 Å². The number of fused-ring (bicyclic) bond motifs is 1. The molecule has 3 aromatic rings. The van der Waals surface area contributed by atoms with Crippen LogP contribution in [0.2, 0.25) is 10.0 Å². The van der Waals surface area contributed by atoms with Crippen LogP contribution in [0.25, 0.3) is 0 Å². The summed E-state index contributed by atoms with van der Waals surface area (Å²) in [6, 6.07) is 17.7. The number of nitro benzene ring substituents is 1. The van der Waals surface area contributed by atoms with Gasteiger partial charge in [0.05, 0.1) is 32.9 Å². The molecule has 0 aromatic heterocycles. The number of amides is 2. The average Bonchev–Trinajstić information content (AvgIpc) is 2.79. The Balaban J connectivity index is 1.79. The van der Waals surface area contributed by atoms with Crippen LogP contribution in [0.4, 0.5) is 17.1 Å². The van der Waals surface area contributed by atoms with Gasteiger partial charge in [-0.25, -0.2) is 0 Å². The Labute approximate surface area is 200 Å². The molecule has 7 nitrogen and oxygen atoms in total. The van der Waals surface area contributed by atoms with E-state index in [1.165, 1.54) is 29.2 Å². The Bertz CT molecular complexity index is 1290. The largest absolute Gasteiger partial charge is 0.304 e. The number of nitro groups is 1. The summed E-state index contributed by atoms with van der Waals surface area (Å²) in [5, 5.41) is 12.0. The van der Waals surface area contributed by atoms with E-state index in [-0.39, 0.29) is 23.7 Å². The molecule has 0 bridgehead atoms. The number of carbonyl (C=O) groups is 2. The number of hydrogen-bond donors (Lipinski definition) is 0. The molecular weight excluding hydrogens is 465 g/mol. The van der Waals surface area contributed by atoms with Crippen molar-refractivity contribution in [2.24, 2.45) is 0 Å². The van der Waals surface area contributed by atoms with Crippen molar-refractivity contribution in [3.05, 3.63) is 98.0 Å². The Morgan fingerprint density at radius 1 is 0.970 bits per heavy atom. The number of benzene rings is 3. The minimum Gasteiger partial charge on any atom is -0.304 e. The summed E-state index contributed by atoms with van der Waals surface area (Å²) in [5.41, 5.74) is 0.521. The fourth-order valence-corrected chi connectivity index (χ4v) is 4.26. The molecule has 3 aromatic carbocycles. The minimum atomic E-state index is -1.26. The molecule has 0 spiro atoms. The van der Waals surface area contributed by atoms with Crippen LogP contribution in [-0.2, 0) is 11.3 Å². The number of anilines is 2. The number of para-hydroxylation sites is 2. The molecule has 33 heavy (non-hydrogen) atoms. The lowest BCUT2D eigenvalue weighted by Crippen LogP contribution is -2.62. The van der Waals surface area contributed by atoms with Crippen LogP contribution in [0, 0.1) is 10.1 Å². The summed E-state index contributed by atoms with van der Waals surface area (Å²) in [6.45, 7) is 3.54. The van der Waals surface area contributed by atoms with E-state index in [0.717, 1.165) is 5.56 Å². The van der Waals surface area contributed by atoms with Crippen LogP contribution in [0.1, 0.15) is 29.8 Å². The molecule has 2 amide bonds. The number of carbonyl (C=O) groups excluding carboxylic acids is 2. The molecule has 1 aliphatic heterocycles. The predicted octanol–water partition coefficient (Wildman–Crippen LogP) is 5.87. The van der Waals surface area contributed by atoms with Gasteiger partial charge in [0.2, 0.25) is 0 Å². The van der Waals surface area contributed by atoms with Gasteiger partial charge < -0.3 is 4.90 Å². The van der Waals surface area contributed by atoms with Crippen LogP contribution < -0.4 is 9.80 Å². The second-order valence-electron chi connectivity index (χ2n) is 8.14. The molecular formula is C24H19Cl2N3O4. The third-order valence-electron chi connectivity index (χ3n) is 5.57. The zero-order valence-electron chi connectivity index (χ0n) is 17.8. The van der Waals surface area contributed by atoms with Crippen molar-refractivity contribution in [3.8, 4) is 0 Å². The zero-order chi connectivity index (χ0) is 23.9. The molecule has 0 saturated carbocycles. The predicted molar refractivity (Wildman–Crippen MR) is 128 cm³/mol. The Kier molecular flexibility index (Phi) is 5.86. The number of non-ortho nitro benzene ring substituents is 1. The van der Waals surface area contributed by atoms with Gasteiger partial charge in [0, 0.05) is 17.7 Å². The van der Waals surface area contributed by atoms with Gasteiger partial charge in [-0.05, 0) is 49.7 Å². The van der Waals surface area contributed by atoms with Crippen molar-refractivity contribution >= 4 is 52.1 Å². The van der Waals surface area contributed by atoms with E-state index in [0.29, 0.717) is 21.4 Å². The Hall–Kier alpha value is -3.42. The van der Waals surface area contributed by atoms with E-state index in [4.69, 9.17) is 23.2 Å². The molecule has 0 unspecified atom stereocenters. The molecule has 1 heterocycles. The summed E-state index contributed by atoms with van der Waals surface area (Å²) in [5.74, 6) is -0.801. The van der Waals surface area contributed by atoms with E-state index in [1.807, 2.05) is 0 Å². The van der Waals surface area contributed by atoms with Crippen molar-refractivity contribution in [2.45, 2.75) is 25.9 Å². The maximum atomic E-state index is 13.7. The number of hydrogen-bond acceptors (Lipinski definition) is 4. The highest BCUT2D eigenvalue weighted by atomic mass is 35.5. The minimum absolute atomic E-state index is 0.123. The maximum absolute atomic E-state index is 13.7. The molecule has 9 heteroatoms. The van der Waals surface area contributed by atoms with Crippen molar-refractivity contribution in [1.29, 1.82) is 0 Å². The normalized spacial score (nSPS) is 14.7. The van der Waals surface area contributed by atoms with Gasteiger partial charge in [-0.1, -0.05) is 47.5 Å². The third-order valence-corrected chi connectivity index (χ3v) is 6.31. The molecule has 0 radical (unpaired) electrons. The van der Waals surface area contributed by atoms with Crippen LogP contribution in [0.3, 0.4) is 0 Å². The highest BCUT2D eigenvalue weighted by molar-refractivity contribution is 6.42. The summed E-state index contributed by atoms with van der Waals surface area (Å²) >= 11 is 12.2. The summed E-state index contributed by atoms with van der Waals surface area (Å²) in [7, 11) is 0. The number of halogens is 2. The Morgan fingerprint density at radius 3 is 2.33 bits per heavy atom. The lowest BCUT2D eigenvalue weighted by Gasteiger charge is -2.46. The van der Waals surface area contributed by atoms with E-state index >= 15 is 0 Å². The van der Waals surface area contributed by atoms with Crippen molar-refractivity contribution in [1.82, 2.24) is 0 Å². The summed E-state index contributed by atoms with van der Waals surface area (Å²) in [6.07, 6.45) is 0. The fourth-order valence-electron chi connectivity index (χ4n) is 3.94. The second-order valence-corrected chi connectivity index (χ2v) is 8.95. The fraction of sp³-hybridized carbons (Fsp3) is 0.167. The topological polar surface area (TPSA) is 83.8 Å².